The van der Waals surface area contributed by atoms with Crippen molar-refractivity contribution in [3.63, 3.8) is 0 Å². The minimum absolute atomic E-state index is 0.000525. The molecule has 0 saturated carbocycles. The first-order valence-electron chi connectivity index (χ1n) is 7.57. The second-order valence-electron chi connectivity index (χ2n) is 5.42. The first-order valence-corrected chi connectivity index (χ1v) is 7.57. The number of nitrogens with zero attached hydrogens (tertiary/aromatic N) is 1. The van der Waals surface area contributed by atoms with E-state index in [1.807, 2.05) is 0 Å². The van der Waals surface area contributed by atoms with E-state index in [0.29, 0.717) is 0 Å². The maximum Gasteiger partial charge on any atom is 0.417 e. The number of carbonyl (C=O) groups is 1. The van der Waals surface area contributed by atoms with Crippen molar-refractivity contribution in [3.8, 4) is 5.75 Å². The van der Waals surface area contributed by atoms with Crippen LogP contribution in [0.2, 0.25) is 0 Å². The van der Waals surface area contributed by atoms with E-state index in [9.17, 15) is 26.7 Å². The van der Waals surface area contributed by atoms with Crippen LogP contribution in [-0.4, -0.2) is 17.5 Å². The van der Waals surface area contributed by atoms with E-state index < -0.39 is 29.8 Å². The Hall–Kier alpha value is -3.23. The number of rotatable bonds is 4. The molecule has 4 nitrogen and oxygen atoms in total. The van der Waals surface area contributed by atoms with Crippen LogP contribution in [0.25, 0.3) is 10.9 Å². The Morgan fingerprint density at radius 3 is 2.52 bits per heavy atom. The Balaban J connectivity index is 1.99. The number of fused-ring (bicyclic) bond motifs is 1. The van der Waals surface area contributed by atoms with E-state index in [1.165, 1.54) is 42.5 Å². The minimum Gasteiger partial charge on any atom is -0.435 e. The molecule has 0 saturated heterocycles. The van der Waals surface area contributed by atoms with Crippen molar-refractivity contribution in [2.24, 2.45) is 0 Å². The van der Waals surface area contributed by atoms with Crippen molar-refractivity contribution < 1.29 is 31.5 Å². The predicted octanol–water partition coefficient (Wildman–Crippen LogP) is 5.11. The number of para-hydroxylation sites is 1. The molecule has 1 amide bonds. The van der Waals surface area contributed by atoms with Gasteiger partial charge in [0.1, 0.15) is 5.75 Å². The lowest BCUT2D eigenvalue weighted by atomic mass is 10.0. The highest BCUT2D eigenvalue weighted by Crippen LogP contribution is 2.37. The molecule has 0 spiro atoms. The normalized spacial score (nSPS) is 11.6. The number of hydrogen-bond donors (Lipinski definition) is 1. The van der Waals surface area contributed by atoms with Gasteiger partial charge in [-0.25, -0.2) is 0 Å². The number of benzene rings is 2. The van der Waals surface area contributed by atoms with Crippen molar-refractivity contribution >= 4 is 22.5 Å². The lowest BCUT2D eigenvalue weighted by molar-refractivity contribution is -0.136. The van der Waals surface area contributed by atoms with Gasteiger partial charge in [0.25, 0.3) is 5.91 Å². The van der Waals surface area contributed by atoms with Crippen molar-refractivity contribution in [2.75, 3.05) is 5.32 Å². The molecule has 0 fully saturated rings. The zero-order valence-electron chi connectivity index (χ0n) is 13.4. The van der Waals surface area contributed by atoms with E-state index in [1.54, 1.807) is 0 Å². The summed E-state index contributed by atoms with van der Waals surface area (Å²) < 4.78 is 69.5. The van der Waals surface area contributed by atoms with Crippen LogP contribution in [0, 0.1) is 0 Å². The Kier molecular flexibility index (Phi) is 4.93. The van der Waals surface area contributed by atoms with Crippen LogP contribution < -0.4 is 10.1 Å². The third-order valence-corrected chi connectivity index (χ3v) is 3.62. The lowest BCUT2D eigenvalue weighted by Crippen LogP contribution is -2.19. The van der Waals surface area contributed by atoms with Gasteiger partial charge in [-0.05, 0) is 18.2 Å². The van der Waals surface area contributed by atoms with E-state index in [2.05, 4.69) is 15.0 Å². The number of anilines is 1. The molecular weight excluding hydrogens is 371 g/mol. The van der Waals surface area contributed by atoms with Crippen LogP contribution in [0.15, 0.2) is 54.7 Å². The summed E-state index contributed by atoms with van der Waals surface area (Å²) >= 11 is 0. The van der Waals surface area contributed by atoms with Crippen molar-refractivity contribution in [3.05, 3.63) is 65.9 Å². The number of ether oxygens (including phenoxy) is 1. The predicted molar refractivity (Wildman–Crippen MR) is 87.8 cm³/mol. The molecule has 0 atom stereocenters. The smallest absolute Gasteiger partial charge is 0.417 e. The Morgan fingerprint density at radius 2 is 1.81 bits per heavy atom. The molecule has 0 aliphatic heterocycles. The summed E-state index contributed by atoms with van der Waals surface area (Å²) in [5.74, 6) is -1.31. The topological polar surface area (TPSA) is 51.2 Å². The summed E-state index contributed by atoms with van der Waals surface area (Å²) in [7, 11) is 0. The first kappa shape index (κ1) is 18.6. The highest BCUT2D eigenvalue weighted by Gasteiger charge is 2.37. The molecule has 0 bridgehead atoms. The molecule has 0 aliphatic carbocycles. The fourth-order valence-corrected chi connectivity index (χ4v) is 2.57. The number of hydrogen-bond acceptors (Lipinski definition) is 3. The van der Waals surface area contributed by atoms with Gasteiger partial charge in [0.2, 0.25) is 0 Å². The Morgan fingerprint density at radius 1 is 1.07 bits per heavy atom. The van der Waals surface area contributed by atoms with Gasteiger partial charge >= 0.3 is 12.8 Å². The van der Waals surface area contributed by atoms with Crippen molar-refractivity contribution in [1.29, 1.82) is 0 Å². The van der Waals surface area contributed by atoms with E-state index >= 15 is 0 Å². The van der Waals surface area contributed by atoms with Gasteiger partial charge in [-0.2, -0.15) is 22.0 Å². The number of nitrogens with one attached hydrogen (secondary N) is 1. The number of carbonyl (C=O) groups excluding carboxylic acids is 1. The van der Waals surface area contributed by atoms with Crippen LogP contribution in [0.3, 0.4) is 0 Å². The van der Waals surface area contributed by atoms with E-state index in [0.717, 1.165) is 12.3 Å². The zero-order chi connectivity index (χ0) is 19.6. The van der Waals surface area contributed by atoms with Gasteiger partial charge in [0, 0.05) is 23.3 Å². The molecule has 1 heterocycles. The van der Waals surface area contributed by atoms with Gasteiger partial charge in [0.05, 0.1) is 16.6 Å². The quantitative estimate of drug-likeness (QED) is 0.638. The fraction of sp³-hybridized carbons (Fsp3) is 0.111. The van der Waals surface area contributed by atoms with Gasteiger partial charge in [0.15, 0.2) is 0 Å². The summed E-state index contributed by atoms with van der Waals surface area (Å²) in [6.45, 7) is -3.07. The van der Waals surface area contributed by atoms with Crippen LogP contribution in [0.1, 0.15) is 15.9 Å². The molecule has 0 aliphatic rings. The van der Waals surface area contributed by atoms with Crippen LogP contribution in [-0.2, 0) is 6.18 Å². The number of aromatic nitrogens is 1. The van der Waals surface area contributed by atoms with Crippen molar-refractivity contribution in [2.45, 2.75) is 12.8 Å². The van der Waals surface area contributed by atoms with Crippen LogP contribution in [0.4, 0.5) is 27.6 Å². The van der Waals surface area contributed by atoms with Gasteiger partial charge in [-0.3, -0.25) is 9.78 Å². The maximum atomic E-state index is 13.6. The maximum absolute atomic E-state index is 13.6. The number of pyridine rings is 1. The second kappa shape index (κ2) is 7.18. The highest BCUT2D eigenvalue weighted by molar-refractivity contribution is 6.07. The zero-order valence-corrected chi connectivity index (χ0v) is 13.4. The van der Waals surface area contributed by atoms with Gasteiger partial charge < -0.3 is 10.1 Å². The number of amides is 1. The summed E-state index contributed by atoms with van der Waals surface area (Å²) in [6, 6.07) is 10.5. The third kappa shape index (κ3) is 4.13. The minimum atomic E-state index is -4.80. The summed E-state index contributed by atoms with van der Waals surface area (Å²) in [5, 5.41) is 2.03. The average Bonchev–Trinajstić information content (AvgIpc) is 2.59. The SMILES string of the molecule is O=C(Nc1cccc(OC(F)F)c1)c1cnc2ccccc2c1C(F)(F)F. The molecule has 3 rings (SSSR count). The summed E-state index contributed by atoms with van der Waals surface area (Å²) in [5.41, 5.74) is -1.71. The van der Waals surface area contributed by atoms with Crippen LogP contribution >= 0.6 is 0 Å². The second-order valence-corrected chi connectivity index (χ2v) is 5.42. The molecule has 1 N–H and O–H groups in total. The van der Waals surface area contributed by atoms with E-state index in [4.69, 9.17) is 0 Å². The summed E-state index contributed by atoms with van der Waals surface area (Å²) in [6.07, 6.45) is -3.96. The number of halogens is 5. The molecule has 0 radical (unpaired) electrons. The molecule has 140 valence electrons. The monoisotopic (exact) mass is 382 g/mol. The molecule has 27 heavy (non-hydrogen) atoms. The lowest BCUT2D eigenvalue weighted by Gasteiger charge is -2.15. The average molecular weight is 382 g/mol. The first-order chi connectivity index (χ1) is 12.8. The van der Waals surface area contributed by atoms with Gasteiger partial charge in [-0.1, -0.05) is 24.3 Å². The molecule has 9 heteroatoms. The molecule has 0 unspecified atom stereocenters. The Labute approximate surface area is 149 Å². The Bertz CT molecular complexity index is 989. The number of alkyl halides is 5. The molecule has 1 aromatic heterocycles. The van der Waals surface area contributed by atoms with E-state index in [-0.39, 0.29) is 22.3 Å². The third-order valence-electron chi connectivity index (χ3n) is 3.62. The largest absolute Gasteiger partial charge is 0.435 e. The molecule has 3 aromatic rings. The molecular formula is C18H11F5N2O2. The highest BCUT2D eigenvalue weighted by atomic mass is 19.4. The summed E-state index contributed by atoms with van der Waals surface area (Å²) in [4.78, 5) is 16.3. The fourth-order valence-electron chi connectivity index (χ4n) is 2.57. The molecule has 2 aromatic carbocycles. The standard InChI is InChI=1S/C18H11F5N2O2/c19-17(20)27-11-5-3-4-10(8-11)25-16(26)13-9-24-14-7-2-1-6-12(14)15(13)18(21,22)23/h1-9,17H,(H,25,26). The van der Waals surface area contributed by atoms with Gasteiger partial charge in [-0.15, -0.1) is 0 Å². The van der Waals surface area contributed by atoms with Crippen LogP contribution in [0.5, 0.6) is 5.75 Å². The van der Waals surface area contributed by atoms with Crippen molar-refractivity contribution in [1.82, 2.24) is 4.98 Å².